The molecule has 0 aromatic carbocycles. The van der Waals surface area contributed by atoms with E-state index in [9.17, 15) is 9.90 Å². The van der Waals surface area contributed by atoms with Gasteiger partial charge in [-0.05, 0) is 39.8 Å². The molecule has 2 unspecified atom stereocenters. The topological polar surface area (TPSA) is 72.8 Å². The van der Waals surface area contributed by atoms with Gasteiger partial charge in [-0.2, -0.15) is 0 Å². The minimum atomic E-state index is -1.68. The molecule has 0 spiro atoms. The van der Waals surface area contributed by atoms with Crippen molar-refractivity contribution in [3.05, 3.63) is 0 Å². The predicted octanol–water partition coefficient (Wildman–Crippen LogP) is 0.286. The Balaban J connectivity index is 2.24. The van der Waals surface area contributed by atoms with Crippen molar-refractivity contribution in [3.63, 3.8) is 0 Å². The van der Waals surface area contributed by atoms with Crippen LogP contribution in [-0.4, -0.2) is 58.9 Å². The molecule has 0 radical (unpaired) electrons. The number of aliphatic carboxylic acids is 1. The van der Waals surface area contributed by atoms with E-state index in [1.165, 1.54) is 26.2 Å². The number of hydrogen-bond donors (Lipinski definition) is 3. The van der Waals surface area contributed by atoms with Crippen LogP contribution in [0.1, 0.15) is 33.1 Å². The maximum Gasteiger partial charge on any atom is 0.336 e. The van der Waals surface area contributed by atoms with Crippen LogP contribution < -0.4 is 5.32 Å². The van der Waals surface area contributed by atoms with Gasteiger partial charge in [-0.25, -0.2) is 4.79 Å². The summed E-state index contributed by atoms with van der Waals surface area (Å²) in [5, 5.41) is 21.4. The fraction of sp³-hybridized carbons (Fsp3) is 0.917. The maximum absolute atomic E-state index is 10.7. The number of likely N-dealkylation sites (tertiary alicyclic amines) is 1. The normalized spacial score (nSPS) is 23.0. The van der Waals surface area contributed by atoms with Gasteiger partial charge in [0, 0.05) is 19.1 Å². The lowest BCUT2D eigenvalue weighted by Gasteiger charge is -2.30. The van der Waals surface area contributed by atoms with Crippen molar-refractivity contribution in [2.45, 2.75) is 44.8 Å². The van der Waals surface area contributed by atoms with Crippen molar-refractivity contribution >= 4 is 5.97 Å². The molecule has 0 aliphatic carbocycles. The lowest BCUT2D eigenvalue weighted by Crippen LogP contribution is -2.50. The minimum absolute atomic E-state index is 0.0807. The Morgan fingerprint density at radius 3 is 2.53 bits per heavy atom. The molecule has 2 atom stereocenters. The van der Waals surface area contributed by atoms with Crippen LogP contribution in [0.15, 0.2) is 0 Å². The van der Waals surface area contributed by atoms with Crippen LogP contribution in [0.2, 0.25) is 0 Å². The maximum atomic E-state index is 10.7. The second-order valence-corrected chi connectivity index (χ2v) is 5.22. The molecule has 0 bridgehead atoms. The number of carboxylic acid groups (broad SMARTS) is 1. The molecule has 1 fully saturated rings. The van der Waals surface area contributed by atoms with Crippen molar-refractivity contribution in [1.82, 2.24) is 10.2 Å². The first-order valence-electron chi connectivity index (χ1n) is 6.33. The lowest BCUT2D eigenvalue weighted by molar-refractivity contribution is -0.156. The standard InChI is InChI=1S/C12H24N2O3/c1-10(8-14-6-4-3-5-7-14)13-9-12(2,17)11(15)16/h10,13,17H,3-9H2,1-2H3,(H,15,16). The van der Waals surface area contributed by atoms with Gasteiger partial charge in [-0.15, -0.1) is 0 Å². The molecule has 1 heterocycles. The largest absolute Gasteiger partial charge is 0.479 e. The number of carbonyl (C=O) groups is 1. The average molecular weight is 244 g/mol. The van der Waals surface area contributed by atoms with Crippen LogP contribution in [-0.2, 0) is 4.79 Å². The van der Waals surface area contributed by atoms with Crippen molar-refractivity contribution in [2.75, 3.05) is 26.2 Å². The second-order valence-electron chi connectivity index (χ2n) is 5.22. The highest BCUT2D eigenvalue weighted by atomic mass is 16.4. The fourth-order valence-electron chi connectivity index (χ4n) is 2.04. The second kappa shape index (κ2) is 6.33. The Morgan fingerprint density at radius 2 is 2.00 bits per heavy atom. The molecule has 5 heteroatoms. The van der Waals surface area contributed by atoms with Gasteiger partial charge in [0.2, 0.25) is 0 Å². The van der Waals surface area contributed by atoms with Gasteiger partial charge in [-0.3, -0.25) is 0 Å². The predicted molar refractivity (Wildman–Crippen MR) is 66.0 cm³/mol. The minimum Gasteiger partial charge on any atom is -0.479 e. The van der Waals surface area contributed by atoms with Crippen molar-refractivity contribution < 1.29 is 15.0 Å². The molecule has 1 saturated heterocycles. The molecule has 1 rings (SSSR count). The molecule has 5 nitrogen and oxygen atoms in total. The van der Waals surface area contributed by atoms with Crippen LogP contribution >= 0.6 is 0 Å². The summed E-state index contributed by atoms with van der Waals surface area (Å²) in [5.74, 6) is -1.19. The van der Waals surface area contributed by atoms with E-state index in [-0.39, 0.29) is 12.6 Å². The number of rotatable bonds is 6. The number of carboxylic acids is 1. The summed E-state index contributed by atoms with van der Waals surface area (Å²) < 4.78 is 0. The summed E-state index contributed by atoms with van der Waals surface area (Å²) in [6.45, 7) is 6.58. The zero-order valence-electron chi connectivity index (χ0n) is 10.8. The van der Waals surface area contributed by atoms with Gasteiger partial charge in [-0.1, -0.05) is 6.42 Å². The van der Waals surface area contributed by atoms with E-state index < -0.39 is 11.6 Å². The fourth-order valence-corrected chi connectivity index (χ4v) is 2.04. The van der Waals surface area contributed by atoms with Crippen molar-refractivity contribution in [2.24, 2.45) is 0 Å². The van der Waals surface area contributed by atoms with Crippen LogP contribution in [0.3, 0.4) is 0 Å². The first-order valence-corrected chi connectivity index (χ1v) is 6.33. The molecule has 1 aliphatic heterocycles. The molecule has 3 N–H and O–H groups in total. The van der Waals surface area contributed by atoms with Gasteiger partial charge in [0.05, 0.1) is 0 Å². The molecule has 0 aromatic rings. The summed E-state index contributed by atoms with van der Waals surface area (Å²) in [6.07, 6.45) is 3.81. The highest BCUT2D eigenvalue weighted by Gasteiger charge is 2.30. The zero-order chi connectivity index (χ0) is 12.9. The quantitative estimate of drug-likeness (QED) is 0.626. The third-order valence-corrected chi connectivity index (χ3v) is 3.24. The van der Waals surface area contributed by atoms with Gasteiger partial charge < -0.3 is 20.4 Å². The number of hydrogen-bond acceptors (Lipinski definition) is 4. The number of nitrogens with zero attached hydrogens (tertiary/aromatic N) is 1. The Labute approximate surface area is 103 Å². The van der Waals surface area contributed by atoms with Crippen LogP contribution in [0.5, 0.6) is 0 Å². The highest BCUT2D eigenvalue weighted by Crippen LogP contribution is 2.09. The summed E-state index contributed by atoms with van der Waals surface area (Å²) in [4.78, 5) is 13.1. The van der Waals surface area contributed by atoms with E-state index in [1.54, 1.807) is 0 Å². The van der Waals surface area contributed by atoms with Crippen LogP contribution in [0.4, 0.5) is 0 Å². The SMILES string of the molecule is CC(CN1CCCCC1)NCC(C)(O)C(=O)O. The molecule has 0 amide bonds. The Hall–Kier alpha value is -0.650. The number of piperidine rings is 1. The molecular weight excluding hydrogens is 220 g/mol. The third-order valence-electron chi connectivity index (χ3n) is 3.24. The van der Waals surface area contributed by atoms with Gasteiger partial charge >= 0.3 is 5.97 Å². The van der Waals surface area contributed by atoms with E-state index in [4.69, 9.17) is 5.11 Å². The zero-order valence-corrected chi connectivity index (χ0v) is 10.8. The van der Waals surface area contributed by atoms with E-state index in [0.717, 1.165) is 19.6 Å². The number of aliphatic hydroxyl groups is 1. The number of nitrogens with one attached hydrogen (secondary N) is 1. The first kappa shape index (κ1) is 14.4. The summed E-state index contributed by atoms with van der Waals surface area (Å²) in [6, 6.07) is 0.193. The van der Waals surface area contributed by atoms with Gasteiger partial charge in [0.1, 0.15) is 0 Å². The highest BCUT2D eigenvalue weighted by molar-refractivity contribution is 5.76. The Morgan fingerprint density at radius 1 is 1.41 bits per heavy atom. The molecule has 0 saturated carbocycles. The van der Waals surface area contributed by atoms with Gasteiger partial charge in [0.25, 0.3) is 0 Å². The summed E-state index contributed by atoms with van der Waals surface area (Å²) in [5.41, 5.74) is -1.68. The Kier molecular flexibility index (Phi) is 5.36. The van der Waals surface area contributed by atoms with Crippen molar-refractivity contribution in [1.29, 1.82) is 0 Å². The van der Waals surface area contributed by atoms with E-state index >= 15 is 0 Å². The van der Waals surface area contributed by atoms with Crippen LogP contribution in [0.25, 0.3) is 0 Å². The molecule has 17 heavy (non-hydrogen) atoms. The molecule has 1 aliphatic rings. The smallest absolute Gasteiger partial charge is 0.336 e. The Bertz CT molecular complexity index is 250. The molecule has 0 aromatic heterocycles. The van der Waals surface area contributed by atoms with Gasteiger partial charge in [0.15, 0.2) is 5.60 Å². The third kappa shape index (κ3) is 5.02. The van der Waals surface area contributed by atoms with Crippen LogP contribution in [0, 0.1) is 0 Å². The van der Waals surface area contributed by atoms with E-state index in [1.807, 2.05) is 6.92 Å². The first-order chi connectivity index (χ1) is 7.92. The summed E-state index contributed by atoms with van der Waals surface area (Å²) in [7, 11) is 0. The monoisotopic (exact) mass is 244 g/mol. The van der Waals surface area contributed by atoms with E-state index in [2.05, 4.69) is 10.2 Å². The average Bonchev–Trinajstić information content (AvgIpc) is 2.28. The lowest BCUT2D eigenvalue weighted by atomic mass is 10.1. The van der Waals surface area contributed by atoms with Crippen molar-refractivity contribution in [3.8, 4) is 0 Å². The summed E-state index contributed by atoms with van der Waals surface area (Å²) >= 11 is 0. The molecule has 100 valence electrons. The molecular formula is C12H24N2O3. The van der Waals surface area contributed by atoms with E-state index in [0.29, 0.717) is 0 Å².